The zero-order valence-corrected chi connectivity index (χ0v) is 19.8. The Kier molecular flexibility index (Phi) is 18.7. The first kappa shape index (κ1) is 28.6. The highest BCUT2D eigenvalue weighted by Gasteiger charge is 2.47. The van der Waals surface area contributed by atoms with E-state index in [9.17, 15) is 14.7 Å². The third kappa shape index (κ3) is 13.0. The SMILES string of the molecule is CCCCCCCCCCCCCCCC=CCOC(=O)C(CC)(OCC)C(=O)O. The second-order valence-corrected chi connectivity index (χ2v) is 8.02. The van der Waals surface area contributed by atoms with Gasteiger partial charge >= 0.3 is 11.9 Å². The van der Waals surface area contributed by atoms with Crippen LogP contribution in [0.15, 0.2) is 12.2 Å². The van der Waals surface area contributed by atoms with E-state index in [0.717, 1.165) is 12.8 Å². The lowest BCUT2D eigenvalue weighted by atomic mass is 10.0. The number of carbonyl (C=O) groups excluding carboxylic acids is 1. The molecule has 0 spiro atoms. The predicted molar refractivity (Wildman–Crippen MR) is 123 cm³/mol. The van der Waals surface area contributed by atoms with Gasteiger partial charge in [-0.2, -0.15) is 0 Å². The lowest BCUT2D eigenvalue weighted by Crippen LogP contribution is -2.49. The molecule has 0 rings (SSSR count). The molecule has 0 amide bonds. The first-order chi connectivity index (χ1) is 14.5. The van der Waals surface area contributed by atoms with Crippen molar-refractivity contribution >= 4 is 11.9 Å². The number of rotatable bonds is 21. The van der Waals surface area contributed by atoms with Gasteiger partial charge in [-0.15, -0.1) is 0 Å². The van der Waals surface area contributed by atoms with E-state index in [4.69, 9.17) is 9.47 Å². The van der Waals surface area contributed by atoms with Gasteiger partial charge in [0.25, 0.3) is 5.60 Å². The third-order valence-corrected chi connectivity index (χ3v) is 5.52. The van der Waals surface area contributed by atoms with Crippen molar-refractivity contribution in [2.75, 3.05) is 13.2 Å². The molecular formula is C25H46O5. The molecule has 30 heavy (non-hydrogen) atoms. The minimum Gasteiger partial charge on any atom is -0.479 e. The molecule has 0 aliphatic carbocycles. The smallest absolute Gasteiger partial charge is 0.350 e. The van der Waals surface area contributed by atoms with Crippen LogP contribution in [0.25, 0.3) is 0 Å². The highest BCUT2D eigenvalue weighted by atomic mass is 16.6. The number of allylic oxidation sites excluding steroid dienone is 1. The lowest BCUT2D eigenvalue weighted by molar-refractivity contribution is -0.186. The van der Waals surface area contributed by atoms with E-state index in [0.29, 0.717) is 0 Å². The van der Waals surface area contributed by atoms with Crippen molar-refractivity contribution in [2.24, 2.45) is 0 Å². The number of carboxylic acid groups (broad SMARTS) is 1. The van der Waals surface area contributed by atoms with Crippen molar-refractivity contribution in [3.8, 4) is 0 Å². The zero-order valence-electron chi connectivity index (χ0n) is 19.8. The summed E-state index contributed by atoms with van der Waals surface area (Å²) in [7, 11) is 0. The van der Waals surface area contributed by atoms with Gasteiger partial charge in [0, 0.05) is 6.61 Å². The number of ether oxygens (including phenoxy) is 2. The summed E-state index contributed by atoms with van der Waals surface area (Å²) in [5.74, 6) is -2.13. The average molecular weight is 427 g/mol. The number of aliphatic carboxylic acids is 1. The molecular weight excluding hydrogens is 380 g/mol. The fourth-order valence-corrected chi connectivity index (χ4v) is 3.56. The van der Waals surface area contributed by atoms with Gasteiger partial charge < -0.3 is 14.6 Å². The topological polar surface area (TPSA) is 72.8 Å². The van der Waals surface area contributed by atoms with Crippen molar-refractivity contribution in [2.45, 2.75) is 123 Å². The number of hydrogen-bond donors (Lipinski definition) is 1. The summed E-state index contributed by atoms with van der Waals surface area (Å²) >= 11 is 0. The van der Waals surface area contributed by atoms with Crippen LogP contribution in [-0.4, -0.2) is 35.9 Å². The fraction of sp³-hybridized carbons (Fsp3) is 0.840. The van der Waals surface area contributed by atoms with Gasteiger partial charge in [-0.25, -0.2) is 9.59 Å². The Morgan fingerprint density at radius 2 is 1.27 bits per heavy atom. The summed E-state index contributed by atoms with van der Waals surface area (Å²) in [4.78, 5) is 23.5. The first-order valence-electron chi connectivity index (χ1n) is 12.2. The minimum atomic E-state index is -1.89. The largest absolute Gasteiger partial charge is 0.479 e. The summed E-state index contributed by atoms with van der Waals surface area (Å²) in [5.41, 5.74) is -1.89. The lowest BCUT2D eigenvalue weighted by Gasteiger charge is -2.25. The Hall–Kier alpha value is -1.36. The fourth-order valence-electron chi connectivity index (χ4n) is 3.56. The van der Waals surface area contributed by atoms with Crippen LogP contribution >= 0.6 is 0 Å². The van der Waals surface area contributed by atoms with Crippen LogP contribution in [0.4, 0.5) is 0 Å². The van der Waals surface area contributed by atoms with Crippen molar-refractivity contribution in [1.29, 1.82) is 0 Å². The normalized spacial score (nSPS) is 13.4. The molecule has 0 aromatic rings. The molecule has 5 heteroatoms. The van der Waals surface area contributed by atoms with E-state index in [1.54, 1.807) is 19.9 Å². The van der Waals surface area contributed by atoms with E-state index in [1.807, 2.05) is 6.08 Å². The van der Waals surface area contributed by atoms with Crippen LogP contribution in [0.1, 0.15) is 117 Å². The second-order valence-electron chi connectivity index (χ2n) is 8.02. The van der Waals surface area contributed by atoms with Gasteiger partial charge in [0.15, 0.2) is 0 Å². The molecule has 5 nitrogen and oxygen atoms in total. The van der Waals surface area contributed by atoms with Crippen molar-refractivity contribution in [1.82, 2.24) is 0 Å². The van der Waals surface area contributed by atoms with Crippen LogP contribution < -0.4 is 0 Å². The maximum absolute atomic E-state index is 12.1. The van der Waals surface area contributed by atoms with Crippen molar-refractivity contribution in [3.63, 3.8) is 0 Å². The molecule has 0 aromatic carbocycles. The van der Waals surface area contributed by atoms with Crippen LogP contribution in [-0.2, 0) is 19.1 Å². The Bertz CT molecular complexity index is 460. The predicted octanol–water partition coefficient (Wildman–Crippen LogP) is 6.84. The molecule has 0 fully saturated rings. The molecule has 0 aromatic heterocycles. The molecule has 1 unspecified atom stereocenters. The number of carbonyl (C=O) groups is 2. The Morgan fingerprint density at radius 1 is 0.767 bits per heavy atom. The summed E-state index contributed by atoms with van der Waals surface area (Å²) in [6.07, 6.45) is 22.2. The standard InChI is InChI=1S/C25H46O5/c1-4-7-8-9-10-11-12-13-14-15-16-17-18-19-20-21-22-29-24(28)25(5-2,23(26)27)30-6-3/h20-21H,4-19,22H2,1-3H3,(H,26,27). The first-order valence-corrected chi connectivity index (χ1v) is 12.2. The number of unbranched alkanes of at least 4 members (excludes halogenated alkanes) is 13. The highest BCUT2D eigenvalue weighted by Crippen LogP contribution is 2.19. The quantitative estimate of drug-likeness (QED) is 0.0941. The molecule has 1 N–H and O–H groups in total. The van der Waals surface area contributed by atoms with Gasteiger partial charge in [0.05, 0.1) is 0 Å². The van der Waals surface area contributed by atoms with E-state index in [2.05, 4.69) is 6.92 Å². The third-order valence-electron chi connectivity index (χ3n) is 5.52. The maximum Gasteiger partial charge on any atom is 0.350 e. The molecule has 0 saturated heterocycles. The summed E-state index contributed by atoms with van der Waals surface area (Å²) in [6.45, 7) is 5.76. The molecule has 0 saturated carbocycles. The Labute approximate surface area is 184 Å². The Balaban J connectivity index is 3.63. The second kappa shape index (κ2) is 19.6. The van der Waals surface area contributed by atoms with Crippen LogP contribution in [0.3, 0.4) is 0 Å². The van der Waals surface area contributed by atoms with Gasteiger partial charge in [0.2, 0.25) is 0 Å². The number of hydrogen-bond acceptors (Lipinski definition) is 4. The molecule has 0 radical (unpaired) electrons. The molecule has 0 heterocycles. The van der Waals surface area contributed by atoms with E-state index >= 15 is 0 Å². The maximum atomic E-state index is 12.1. The monoisotopic (exact) mass is 426 g/mol. The highest BCUT2D eigenvalue weighted by molar-refractivity contribution is 6.02. The van der Waals surface area contributed by atoms with Gasteiger partial charge in [-0.05, 0) is 26.2 Å². The van der Waals surface area contributed by atoms with E-state index in [-0.39, 0.29) is 19.6 Å². The molecule has 1 atom stereocenters. The van der Waals surface area contributed by atoms with E-state index in [1.165, 1.54) is 77.0 Å². The van der Waals surface area contributed by atoms with Crippen LogP contribution in [0.2, 0.25) is 0 Å². The van der Waals surface area contributed by atoms with Gasteiger partial charge in [-0.3, -0.25) is 0 Å². The summed E-state index contributed by atoms with van der Waals surface area (Å²) < 4.78 is 10.3. The minimum absolute atomic E-state index is 0.0394. The van der Waals surface area contributed by atoms with Gasteiger partial charge in [0.1, 0.15) is 6.61 Å². The Morgan fingerprint density at radius 3 is 1.70 bits per heavy atom. The zero-order chi connectivity index (χ0) is 22.5. The summed E-state index contributed by atoms with van der Waals surface area (Å²) in [5, 5.41) is 9.32. The van der Waals surface area contributed by atoms with E-state index < -0.39 is 17.5 Å². The van der Waals surface area contributed by atoms with Crippen molar-refractivity contribution < 1.29 is 24.2 Å². The van der Waals surface area contributed by atoms with Crippen molar-refractivity contribution in [3.05, 3.63) is 12.2 Å². The molecule has 0 aliphatic heterocycles. The van der Waals surface area contributed by atoms with Crippen LogP contribution in [0, 0.1) is 0 Å². The number of carboxylic acids is 1. The molecule has 176 valence electrons. The summed E-state index contributed by atoms with van der Waals surface area (Å²) in [6, 6.07) is 0. The molecule has 0 bridgehead atoms. The average Bonchev–Trinajstić information content (AvgIpc) is 2.73. The van der Waals surface area contributed by atoms with Gasteiger partial charge in [-0.1, -0.05) is 103 Å². The number of esters is 1. The van der Waals surface area contributed by atoms with Crippen LogP contribution in [0.5, 0.6) is 0 Å². The molecule has 0 aliphatic rings.